The van der Waals surface area contributed by atoms with E-state index in [4.69, 9.17) is 15.9 Å². The highest BCUT2D eigenvalue weighted by atomic mass is 127. The van der Waals surface area contributed by atoms with Crippen molar-refractivity contribution in [3.63, 3.8) is 0 Å². The number of nitrogen functional groups attached to an aromatic ring is 1. The Hall–Kier alpha value is -0.960. The first-order valence-electron chi connectivity index (χ1n) is 6.87. The zero-order valence-electron chi connectivity index (χ0n) is 11.6. The number of nitrogens with one attached hydrogen (secondary N) is 2. The number of aryl methyl sites for hydroxylation is 1. The zero-order chi connectivity index (χ0) is 14.5. The number of nitrogens with zero attached hydrogens (tertiary/aromatic N) is 2. The maximum atomic E-state index is 7.87. The summed E-state index contributed by atoms with van der Waals surface area (Å²) in [6.07, 6.45) is 3.65. The predicted molar refractivity (Wildman–Crippen MR) is 88.8 cm³/mol. The molecule has 1 aliphatic heterocycles. The lowest BCUT2D eigenvalue weighted by molar-refractivity contribution is 0.0904. The van der Waals surface area contributed by atoms with Gasteiger partial charge in [-0.05, 0) is 41.9 Å². The summed E-state index contributed by atoms with van der Waals surface area (Å²) in [7, 11) is 0. The molecule has 1 aliphatic rings. The number of ether oxygens (including phenoxy) is 1. The Morgan fingerprint density at radius 2 is 2.15 bits per heavy atom. The number of rotatable bonds is 5. The van der Waals surface area contributed by atoms with Crippen LogP contribution in [0.15, 0.2) is 0 Å². The lowest BCUT2D eigenvalue weighted by Gasteiger charge is -2.25. The van der Waals surface area contributed by atoms with E-state index in [1.165, 1.54) is 0 Å². The molecule has 2 rings (SSSR count). The van der Waals surface area contributed by atoms with E-state index in [1.807, 2.05) is 22.6 Å². The fraction of sp³-hybridized carbons (Fsp3) is 0.615. The van der Waals surface area contributed by atoms with Crippen LogP contribution in [0.25, 0.3) is 0 Å². The average molecular weight is 389 g/mol. The van der Waals surface area contributed by atoms with Gasteiger partial charge in [0.05, 0.1) is 5.56 Å². The van der Waals surface area contributed by atoms with Gasteiger partial charge in [0.25, 0.3) is 0 Å². The van der Waals surface area contributed by atoms with E-state index in [0.29, 0.717) is 27.0 Å². The van der Waals surface area contributed by atoms with Crippen molar-refractivity contribution in [3.8, 4) is 0 Å². The summed E-state index contributed by atoms with van der Waals surface area (Å²) in [6, 6.07) is 0.321. The molecule has 1 fully saturated rings. The average Bonchev–Trinajstić information content (AvgIpc) is 2.39. The molecule has 0 bridgehead atoms. The van der Waals surface area contributed by atoms with E-state index >= 15 is 0 Å². The molecule has 0 aromatic carbocycles. The first-order chi connectivity index (χ1) is 9.61. The van der Waals surface area contributed by atoms with Crippen LogP contribution < -0.4 is 11.1 Å². The third-order valence-electron chi connectivity index (χ3n) is 3.24. The normalized spacial score (nSPS) is 16.1. The minimum Gasteiger partial charge on any atom is -0.383 e. The van der Waals surface area contributed by atoms with Crippen LogP contribution in [0.5, 0.6) is 0 Å². The fourth-order valence-electron chi connectivity index (χ4n) is 2.22. The summed E-state index contributed by atoms with van der Waals surface area (Å²) < 4.78 is 5.72. The number of nitrogens with two attached hydrogens (primary N) is 1. The smallest absolute Gasteiger partial charge is 0.142 e. The quantitative estimate of drug-likeness (QED) is 0.531. The summed E-state index contributed by atoms with van der Waals surface area (Å²) in [5.41, 5.74) is 6.61. The molecule has 0 saturated carbocycles. The summed E-state index contributed by atoms with van der Waals surface area (Å²) in [5.74, 6) is 1.81. The van der Waals surface area contributed by atoms with Crippen LogP contribution in [-0.2, 0) is 11.2 Å². The van der Waals surface area contributed by atoms with Gasteiger partial charge in [-0.15, -0.1) is 0 Å². The molecule has 6 nitrogen and oxygen atoms in total. The Labute approximate surface area is 132 Å². The topological polar surface area (TPSA) is 96.9 Å². The van der Waals surface area contributed by atoms with Crippen molar-refractivity contribution in [3.05, 3.63) is 11.4 Å². The number of halogens is 1. The van der Waals surface area contributed by atoms with Crippen LogP contribution in [0.1, 0.15) is 37.6 Å². The van der Waals surface area contributed by atoms with Gasteiger partial charge in [0.15, 0.2) is 0 Å². The molecule has 2 heterocycles. The molecular formula is C13H20IN5O. The zero-order valence-corrected chi connectivity index (χ0v) is 13.7. The Kier molecular flexibility index (Phi) is 5.53. The van der Waals surface area contributed by atoms with Gasteiger partial charge in [0.1, 0.15) is 21.2 Å². The third-order valence-corrected chi connectivity index (χ3v) is 3.78. The SMILES string of the molecule is CCCc1nc(N)c(C(=N)I)c(NC2CCOCC2)n1. The fourth-order valence-corrected chi connectivity index (χ4v) is 2.75. The van der Waals surface area contributed by atoms with Crippen molar-refractivity contribution in [2.75, 3.05) is 24.3 Å². The maximum Gasteiger partial charge on any atom is 0.142 e. The Bertz CT molecular complexity index is 488. The van der Waals surface area contributed by atoms with Crippen LogP contribution in [-0.4, -0.2) is 32.9 Å². The largest absolute Gasteiger partial charge is 0.383 e. The molecule has 1 saturated heterocycles. The lowest BCUT2D eigenvalue weighted by Crippen LogP contribution is -2.29. The molecule has 0 amide bonds. The first kappa shape index (κ1) is 15.4. The second kappa shape index (κ2) is 7.16. The van der Waals surface area contributed by atoms with Crippen molar-refractivity contribution in [1.29, 1.82) is 5.41 Å². The molecule has 0 spiro atoms. The van der Waals surface area contributed by atoms with Crippen LogP contribution >= 0.6 is 22.6 Å². The highest BCUT2D eigenvalue weighted by molar-refractivity contribution is 14.1. The van der Waals surface area contributed by atoms with Crippen molar-refractivity contribution < 1.29 is 4.74 Å². The van der Waals surface area contributed by atoms with E-state index in [0.717, 1.165) is 44.7 Å². The molecule has 0 aliphatic carbocycles. The van der Waals surface area contributed by atoms with Crippen LogP contribution in [0, 0.1) is 5.41 Å². The molecule has 0 atom stereocenters. The van der Waals surface area contributed by atoms with Gasteiger partial charge in [-0.2, -0.15) is 0 Å². The molecule has 0 radical (unpaired) electrons. The summed E-state index contributed by atoms with van der Waals surface area (Å²) >= 11 is 1.95. The van der Waals surface area contributed by atoms with Crippen molar-refractivity contribution in [2.45, 2.75) is 38.6 Å². The summed E-state index contributed by atoms with van der Waals surface area (Å²) in [6.45, 7) is 3.60. The van der Waals surface area contributed by atoms with Crippen molar-refractivity contribution in [1.82, 2.24) is 9.97 Å². The first-order valence-corrected chi connectivity index (χ1v) is 7.94. The molecule has 0 unspecified atom stereocenters. The molecule has 7 heteroatoms. The minimum atomic E-state index is 0.321. The van der Waals surface area contributed by atoms with E-state index in [-0.39, 0.29) is 0 Å². The Morgan fingerprint density at radius 1 is 1.45 bits per heavy atom. The number of anilines is 2. The molecule has 4 N–H and O–H groups in total. The Balaban J connectivity index is 2.28. The monoisotopic (exact) mass is 389 g/mol. The molecule has 110 valence electrons. The van der Waals surface area contributed by atoms with Gasteiger partial charge in [0.2, 0.25) is 0 Å². The standard InChI is InChI=1S/C13H20IN5O/c1-2-3-9-18-12(16)10(11(14)15)13(19-9)17-8-4-6-20-7-5-8/h8,15H,2-7H2,1H3,(H3,16,17,18,19). The van der Waals surface area contributed by atoms with Crippen LogP contribution in [0.3, 0.4) is 0 Å². The van der Waals surface area contributed by atoms with E-state index in [1.54, 1.807) is 0 Å². The summed E-state index contributed by atoms with van der Waals surface area (Å²) in [4.78, 5) is 8.84. The highest BCUT2D eigenvalue weighted by Crippen LogP contribution is 2.24. The van der Waals surface area contributed by atoms with Crippen LogP contribution in [0.2, 0.25) is 0 Å². The van der Waals surface area contributed by atoms with Gasteiger partial charge in [0, 0.05) is 25.7 Å². The van der Waals surface area contributed by atoms with Crippen LogP contribution in [0.4, 0.5) is 11.6 Å². The van der Waals surface area contributed by atoms with E-state index < -0.39 is 0 Å². The number of hydrogen-bond donors (Lipinski definition) is 3. The van der Waals surface area contributed by atoms with Crippen molar-refractivity contribution in [2.24, 2.45) is 0 Å². The second-order valence-electron chi connectivity index (χ2n) is 4.84. The third kappa shape index (κ3) is 3.78. The minimum absolute atomic E-state index is 0.321. The number of hydrogen-bond acceptors (Lipinski definition) is 6. The molecule has 20 heavy (non-hydrogen) atoms. The number of aromatic nitrogens is 2. The van der Waals surface area contributed by atoms with Gasteiger partial charge < -0.3 is 15.8 Å². The predicted octanol–water partition coefficient (Wildman–Crippen LogP) is 2.36. The molecule has 1 aromatic rings. The highest BCUT2D eigenvalue weighted by Gasteiger charge is 2.20. The molecule has 1 aromatic heterocycles. The Morgan fingerprint density at radius 3 is 2.75 bits per heavy atom. The van der Waals surface area contributed by atoms with E-state index in [2.05, 4.69) is 22.2 Å². The van der Waals surface area contributed by atoms with Gasteiger partial charge in [-0.25, -0.2) is 9.97 Å². The summed E-state index contributed by atoms with van der Waals surface area (Å²) in [5, 5.41) is 11.3. The van der Waals surface area contributed by atoms with E-state index in [9.17, 15) is 0 Å². The van der Waals surface area contributed by atoms with Crippen molar-refractivity contribution >= 4 is 37.9 Å². The lowest BCUT2D eigenvalue weighted by atomic mass is 10.1. The van der Waals surface area contributed by atoms with Gasteiger partial charge in [-0.3, -0.25) is 5.41 Å². The van der Waals surface area contributed by atoms with Gasteiger partial charge in [-0.1, -0.05) is 6.92 Å². The molecular weight excluding hydrogens is 369 g/mol. The van der Waals surface area contributed by atoms with Gasteiger partial charge >= 0.3 is 0 Å². The maximum absolute atomic E-state index is 7.87. The second-order valence-corrected chi connectivity index (χ2v) is 5.92.